The number of nitrogens with one attached hydrogen (secondary N) is 1. The summed E-state index contributed by atoms with van der Waals surface area (Å²) >= 11 is 0. The minimum absolute atomic E-state index is 0.0134. The highest BCUT2D eigenvalue weighted by Crippen LogP contribution is 2.33. The molecule has 1 N–H and O–H groups in total. The van der Waals surface area contributed by atoms with E-state index in [0.717, 1.165) is 5.52 Å². The van der Waals surface area contributed by atoms with Gasteiger partial charge in [0.1, 0.15) is 5.56 Å². The van der Waals surface area contributed by atoms with Gasteiger partial charge in [0, 0.05) is 13.0 Å². The molecule has 1 atom stereocenters. The fourth-order valence-corrected chi connectivity index (χ4v) is 2.17. The molecular weight excluding hydrogens is 282 g/mol. The van der Waals surface area contributed by atoms with Crippen LogP contribution in [-0.2, 0) is 7.05 Å². The Hall–Kier alpha value is -2.44. The predicted octanol–water partition coefficient (Wildman–Crippen LogP) is 2.46. The van der Waals surface area contributed by atoms with Gasteiger partial charge in [-0.2, -0.15) is 10.1 Å². The van der Waals surface area contributed by atoms with E-state index >= 15 is 0 Å². The molecule has 3 aromatic rings. The number of aromatic amines is 1. The summed E-state index contributed by atoms with van der Waals surface area (Å²) in [6.07, 6.45) is 1.61. The SMILES string of the molecule is CC(c1noc(-c2cc3c(cnn3C)[nH]c2=O)n1)C(C)(C)C. The summed E-state index contributed by atoms with van der Waals surface area (Å²) in [6, 6.07) is 1.72. The first-order chi connectivity index (χ1) is 10.3. The molecule has 7 heteroatoms. The van der Waals surface area contributed by atoms with Crippen LogP contribution in [-0.4, -0.2) is 24.9 Å². The number of hydrogen-bond donors (Lipinski definition) is 1. The minimum atomic E-state index is -0.265. The van der Waals surface area contributed by atoms with Crippen molar-refractivity contribution in [2.75, 3.05) is 0 Å². The van der Waals surface area contributed by atoms with Crippen molar-refractivity contribution in [2.24, 2.45) is 12.5 Å². The zero-order valence-corrected chi connectivity index (χ0v) is 13.3. The Balaban J connectivity index is 2.09. The van der Waals surface area contributed by atoms with E-state index in [1.54, 1.807) is 16.9 Å². The highest BCUT2D eigenvalue weighted by molar-refractivity contribution is 5.78. The van der Waals surface area contributed by atoms with Crippen molar-refractivity contribution in [1.82, 2.24) is 24.9 Å². The van der Waals surface area contributed by atoms with Crippen LogP contribution in [0.4, 0.5) is 0 Å². The Morgan fingerprint density at radius 2 is 2.09 bits per heavy atom. The Morgan fingerprint density at radius 1 is 1.36 bits per heavy atom. The third-order valence-corrected chi connectivity index (χ3v) is 4.12. The Morgan fingerprint density at radius 3 is 2.77 bits per heavy atom. The molecule has 116 valence electrons. The molecule has 22 heavy (non-hydrogen) atoms. The van der Waals surface area contributed by atoms with Crippen LogP contribution in [0.25, 0.3) is 22.5 Å². The second-order valence-corrected chi connectivity index (χ2v) is 6.62. The third-order valence-electron chi connectivity index (χ3n) is 4.12. The summed E-state index contributed by atoms with van der Waals surface area (Å²) in [5.41, 5.74) is 1.59. The number of fused-ring (bicyclic) bond motifs is 1. The lowest BCUT2D eigenvalue weighted by Crippen LogP contribution is -2.16. The molecule has 0 radical (unpaired) electrons. The fraction of sp³-hybridized carbons (Fsp3) is 0.467. The standard InChI is InChI=1S/C15H19N5O2/c1-8(15(2,3)4)12-18-14(22-19-12)9-6-11-10(17-13(9)21)7-16-20(11)5/h6-8H,1-5H3,(H,17,21). The van der Waals surface area contributed by atoms with Gasteiger partial charge < -0.3 is 9.51 Å². The van der Waals surface area contributed by atoms with E-state index in [4.69, 9.17) is 4.52 Å². The van der Waals surface area contributed by atoms with E-state index in [1.165, 1.54) is 0 Å². The number of aromatic nitrogens is 5. The molecule has 1 unspecified atom stereocenters. The van der Waals surface area contributed by atoms with Crippen LogP contribution in [0.2, 0.25) is 0 Å². The molecule has 0 saturated heterocycles. The first kappa shape index (κ1) is 14.5. The quantitative estimate of drug-likeness (QED) is 0.785. The van der Waals surface area contributed by atoms with Gasteiger partial charge in [0.2, 0.25) is 0 Å². The van der Waals surface area contributed by atoms with E-state index in [1.807, 2.05) is 14.0 Å². The summed E-state index contributed by atoms with van der Waals surface area (Å²) in [6.45, 7) is 8.38. The molecule has 0 aliphatic heterocycles. The van der Waals surface area contributed by atoms with Gasteiger partial charge >= 0.3 is 0 Å². The highest BCUT2D eigenvalue weighted by atomic mass is 16.5. The van der Waals surface area contributed by atoms with E-state index < -0.39 is 0 Å². The summed E-state index contributed by atoms with van der Waals surface area (Å²) in [5, 5.41) is 8.15. The minimum Gasteiger partial charge on any atom is -0.334 e. The van der Waals surface area contributed by atoms with Crippen LogP contribution in [0.5, 0.6) is 0 Å². The van der Waals surface area contributed by atoms with Crippen molar-refractivity contribution in [3.63, 3.8) is 0 Å². The monoisotopic (exact) mass is 301 g/mol. The Labute approximate surface area is 127 Å². The lowest BCUT2D eigenvalue weighted by molar-refractivity contribution is 0.315. The fourth-order valence-electron chi connectivity index (χ4n) is 2.17. The molecule has 0 saturated carbocycles. The first-order valence-electron chi connectivity index (χ1n) is 7.16. The highest BCUT2D eigenvalue weighted by Gasteiger charge is 2.27. The van der Waals surface area contributed by atoms with Crippen LogP contribution in [0.3, 0.4) is 0 Å². The topological polar surface area (TPSA) is 89.6 Å². The predicted molar refractivity (Wildman–Crippen MR) is 82.5 cm³/mol. The van der Waals surface area contributed by atoms with Crippen LogP contribution in [0, 0.1) is 5.41 Å². The van der Waals surface area contributed by atoms with Crippen LogP contribution >= 0.6 is 0 Å². The number of rotatable bonds is 2. The van der Waals surface area contributed by atoms with Gasteiger partial charge in [0.05, 0.1) is 17.2 Å². The molecule has 0 aromatic carbocycles. The van der Waals surface area contributed by atoms with Crippen molar-refractivity contribution in [3.05, 3.63) is 28.4 Å². The second kappa shape index (κ2) is 4.79. The molecule has 0 aliphatic rings. The molecular formula is C15H19N5O2. The first-order valence-corrected chi connectivity index (χ1v) is 7.16. The second-order valence-electron chi connectivity index (χ2n) is 6.62. The van der Waals surface area contributed by atoms with Gasteiger partial charge in [-0.05, 0) is 11.5 Å². The van der Waals surface area contributed by atoms with Gasteiger partial charge in [-0.1, -0.05) is 32.9 Å². The molecule has 3 rings (SSSR count). The van der Waals surface area contributed by atoms with Gasteiger partial charge in [-0.25, -0.2) is 0 Å². The molecule has 0 amide bonds. The maximum Gasteiger partial charge on any atom is 0.263 e. The van der Waals surface area contributed by atoms with Crippen LogP contribution in [0.1, 0.15) is 39.4 Å². The zero-order valence-electron chi connectivity index (χ0n) is 13.3. The average molecular weight is 301 g/mol. The smallest absolute Gasteiger partial charge is 0.263 e. The van der Waals surface area contributed by atoms with E-state index in [0.29, 0.717) is 16.9 Å². The van der Waals surface area contributed by atoms with Crippen LogP contribution < -0.4 is 5.56 Å². The van der Waals surface area contributed by atoms with Crippen LogP contribution in [0.15, 0.2) is 21.6 Å². The van der Waals surface area contributed by atoms with Gasteiger partial charge in [-0.15, -0.1) is 0 Å². The van der Waals surface area contributed by atoms with Crippen molar-refractivity contribution >= 4 is 11.0 Å². The molecule has 7 nitrogen and oxygen atoms in total. The number of H-pyrrole nitrogens is 1. The van der Waals surface area contributed by atoms with Gasteiger partial charge in [0.25, 0.3) is 11.4 Å². The van der Waals surface area contributed by atoms with Gasteiger partial charge in [-0.3, -0.25) is 9.48 Å². The lowest BCUT2D eigenvalue weighted by Gasteiger charge is -2.23. The number of nitrogens with zero attached hydrogens (tertiary/aromatic N) is 4. The van der Waals surface area contributed by atoms with Crippen molar-refractivity contribution in [2.45, 2.75) is 33.6 Å². The molecule has 0 spiro atoms. The molecule has 0 fully saturated rings. The van der Waals surface area contributed by atoms with E-state index in [9.17, 15) is 4.79 Å². The number of pyridine rings is 1. The Bertz CT molecular complexity index is 881. The summed E-state index contributed by atoms with van der Waals surface area (Å²) in [4.78, 5) is 19.4. The summed E-state index contributed by atoms with van der Waals surface area (Å²) < 4.78 is 6.99. The van der Waals surface area contributed by atoms with E-state index in [-0.39, 0.29) is 22.8 Å². The summed E-state index contributed by atoms with van der Waals surface area (Å²) in [5.74, 6) is 0.951. The maximum absolute atomic E-state index is 12.2. The largest absolute Gasteiger partial charge is 0.334 e. The van der Waals surface area contributed by atoms with Crippen molar-refractivity contribution in [3.8, 4) is 11.5 Å². The van der Waals surface area contributed by atoms with Crippen molar-refractivity contribution in [1.29, 1.82) is 0 Å². The number of hydrogen-bond acceptors (Lipinski definition) is 5. The lowest BCUT2D eigenvalue weighted by atomic mass is 9.82. The Kier molecular flexibility index (Phi) is 3.16. The molecule has 0 aliphatic carbocycles. The average Bonchev–Trinajstić information content (AvgIpc) is 3.04. The zero-order chi connectivity index (χ0) is 16.1. The maximum atomic E-state index is 12.2. The normalized spacial score (nSPS) is 13.7. The molecule has 0 bridgehead atoms. The molecule has 3 heterocycles. The summed E-state index contributed by atoms with van der Waals surface area (Å²) in [7, 11) is 1.81. The third kappa shape index (κ3) is 2.32. The number of aryl methyl sites for hydroxylation is 1. The van der Waals surface area contributed by atoms with E-state index in [2.05, 4.69) is 41.0 Å². The van der Waals surface area contributed by atoms with Gasteiger partial charge in [0.15, 0.2) is 5.82 Å². The molecule has 3 aromatic heterocycles. The van der Waals surface area contributed by atoms with Crippen molar-refractivity contribution < 1.29 is 4.52 Å².